The Morgan fingerprint density at radius 1 is 0.955 bits per heavy atom. The van der Waals surface area contributed by atoms with E-state index in [1.54, 1.807) is 24.3 Å². The first-order chi connectivity index (χ1) is 10.6. The lowest BCUT2D eigenvalue weighted by atomic mass is 9.53. The zero-order valence-electron chi connectivity index (χ0n) is 13.4. The molecule has 3 rings (SSSR count). The molecule has 0 aliphatic heterocycles. The minimum Gasteiger partial charge on any atom is -0.465 e. The predicted molar refractivity (Wildman–Crippen MR) is 84.9 cm³/mol. The lowest BCUT2D eigenvalue weighted by Crippen LogP contribution is -2.47. The molecule has 2 aliphatic rings. The van der Waals surface area contributed by atoms with Gasteiger partial charge in [0.05, 0.1) is 12.7 Å². The Bertz CT molecular complexity index is 551. The highest BCUT2D eigenvalue weighted by Gasteiger charge is 2.50. The van der Waals surface area contributed by atoms with Crippen LogP contribution in [0, 0.1) is 17.3 Å². The minimum absolute atomic E-state index is 0.219. The molecular weight excluding hydrogens is 276 g/mol. The van der Waals surface area contributed by atoms with Gasteiger partial charge in [0.25, 0.3) is 0 Å². The number of rotatable bonds is 3. The molecule has 22 heavy (non-hydrogen) atoms. The van der Waals surface area contributed by atoms with Gasteiger partial charge in [-0.25, -0.2) is 4.79 Å². The van der Waals surface area contributed by atoms with E-state index in [2.05, 4.69) is 6.92 Å². The number of fused-ring (bicyclic) bond motifs is 2. The number of methoxy groups -OCH3 is 1. The highest BCUT2D eigenvalue weighted by atomic mass is 16.5. The van der Waals surface area contributed by atoms with E-state index >= 15 is 0 Å². The molecule has 3 heteroatoms. The van der Waals surface area contributed by atoms with Crippen LogP contribution in [0.1, 0.15) is 66.2 Å². The summed E-state index contributed by atoms with van der Waals surface area (Å²) in [6.07, 6.45) is 7.24. The van der Waals surface area contributed by atoms with E-state index in [4.69, 9.17) is 4.74 Å². The lowest BCUT2D eigenvalue weighted by Gasteiger charge is -2.50. The molecule has 2 saturated carbocycles. The average molecular weight is 300 g/mol. The molecule has 0 heterocycles. The molecule has 0 atom stereocenters. The Morgan fingerprint density at radius 3 is 1.86 bits per heavy atom. The normalized spacial score (nSPS) is 30.6. The van der Waals surface area contributed by atoms with E-state index in [1.807, 2.05) is 0 Å². The van der Waals surface area contributed by atoms with Crippen molar-refractivity contribution >= 4 is 11.8 Å². The monoisotopic (exact) mass is 300 g/mol. The molecule has 0 saturated heterocycles. The standard InChI is InChI=1S/C19H24O3/c1-19(15-5-3-6-16(19)8-4-7-15)17(20)13-9-11-14(12-10-13)18(21)22-2/h9-12,15-16H,3-8H2,1-2H3. The van der Waals surface area contributed by atoms with Gasteiger partial charge in [0.2, 0.25) is 0 Å². The number of ketones is 1. The SMILES string of the molecule is COC(=O)c1ccc(C(=O)C2(C)C3CCCC2CCC3)cc1. The molecule has 0 unspecified atom stereocenters. The third kappa shape index (κ3) is 2.37. The maximum absolute atomic E-state index is 13.2. The van der Waals surface area contributed by atoms with E-state index in [-0.39, 0.29) is 17.2 Å². The number of ether oxygens (including phenoxy) is 1. The Hall–Kier alpha value is -1.64. The molecular formula is C19H24O3. The molecule has 0 radical (unpaired) electrons. The molecule has 118 valence electrons. The van der Waals surface area contributed by atoms with Gasteiger partial charge in [-0.15, -0.1) is 0 Å². The van der Waals surface area contributed by atoms with Gasteiger partial charge in [-0.2, -0.15) is 0 Å². The van der Waals surface area contributed by atoms with Crippen LogP contribution in [-0.2, 0) is 4.74 Å². The topological polar surface area (TPSA) is 43.4 Å². The van der Waals surface area contributed by atoms with Crippen molar-refractivity contribution in [3.8, 4) is 0 Å². The first kappa shape index (κ1) is 15.3. The Kier molecular flexibility index (Phi) is 4.07. The molecule has 3 nitrogen and oxygen atoms in total. The maximum atomic E-state index is 13.2. The molecule has 2 aliphatic carbocycles. The van der Waals surface area contributed by atoms with Crippen molar-refractivity contribution in [1.29, 1.82) is 0 Å². The van der Waals surface area contributed by atoms with Gasteiger partial charge < -0.3 is 4.74 Å². The van der Waals surface area contributed by atoms with E-state index < -0.39 is 0 Å². The Labute approximate surface area is 132 Å². The van der Waals surface area contributed by atoms with Crippen LogP contribution in [0.4, 0.5) is 0 Å². The van der Waals surface area contributed by atoms with E-state index in [0.29, 0.717) is 17.4 Å². The summed E-state index contributed by atoms with van der Waals surface area (Å²) in [7, 11) is 1.37. The Morgan fingerprint density at radius 2 is 1.41 bits per heavy atom. The van der Waals surface area contributed by atoms with Crippen molar-refractivity contribution in [2.24, 2.45) is 17.3 Å². The third-order valence-electron chi connectivity index (χ3n) is 5.96. The van der Waals surface area contributed by atoms with Crippen molar-refractivity contribution in [1.82, 2.24) is 0 Å². The molecule has 0 aromatic heterocycles. The zero-order valence-corrected chi connectivity index (χ0v) is 13.4. The van der Waals surface area contributed by atoms with E-state index in [0.717, 1.165) is 5.56 Å². The second-order valence-electron chi connectivity index (χ2n) is 6.94. The summed E-state index contributed by atoms with van der Waals surface area (Å²) >= 11 is 0. The molecule has 2 fully saturated rings. The van der Waals surface area contributed by atoms with Gasteiger partial charge in [-0.05, 0) is 49.7 Å². The summed E-state index contributed by atoms with van der Waals surface area (Å²) < 4.78 is 4.71. The number of esters is 1. The van der Waals surface area contributed by atoms with Gasteiger partial charge in [0.15, 0.2) is 5.78 Å². The van der Waals surface area contributed by atoms with Crippen LogP contribution in [0.5, 0.6) is 0 Å². The first-order valence-electron chi connectivity index (χ1n) is 8.30. The van der Waals surface area contributed by atoms with Crippen molar-refractivity contribution in [3.63, 3.8) is 0 Å². The summed E-state index contributed by atoms with van der Waals surface area (Å²) in [6.45, 7) is 2.18. The predicted octanol–water partition coefficient (Wildman–Crippen LogP) is 4.26. The summed E-state index contributed by atoms with van der Waals surface area (Å²) in [5.74, 6) is 0.943. The van der Waals surface area contributed by atoms with Crippen molar-refractivity contribution in [3.05, 3.63) is 35.4 Å². The summed E-state index contributed by atoms with van der Waals surface area (Å²) in [6, 6.07) is 6.95. The highest BCUT2D eigenvalue weighted by molar-refractivity contribution is 6.01. The van der Waals surface area contributed by atoms with Crippen LogP contribution in [0.15, 0.2) is 24.3 Å². The van der Waals surface area contributed by atoms with Crippen LogP contribution >= 0.6 is 0 Å². The highest BCUT2D eigenvalue weighted by Crippen LogP contribution is 2.54. The van der Waals surface area contributed by atoms with E-state index in [1.165, 1.54) is 45.6 Å². The van der Waals surface area contributed by atoms with Gasteiger partial charge in [-0.3, -0.25) is 4.79 Å². The fourth-order valence-electron chi connectivity index (χ4n) is 4.60. The van der Waals surface area contributed by atoms with Crippen LogP contribution in [-0.4, -0.2) is 18.9 Å². The molecule has 0 N–H and O–H groups in total. The van der Waals surface area contributed by atoms with Crippen LogP contribution in [0.25, 0.3) is 0 Å². The molecule has 1 aromatic carbocycles. The van der Waals surface area contributed by atoms with Gasteiger partial charge >= 0.3 is 5.97 Å². The first-order valence-corrected chi connectivity index (χ1v) is 8.30. The molecule has 0 amide bonds. The van der Waals surface area contributed by atoms with Crippen molar-refractivity contribution < 1.29 is 14.3 Å². The van der Waals surface area contributed by atoms with Crippen molar-refractivity contribution in [2.75, 3.05) is 7.11 Å². The second kappa shape index (κ2) is 5.86. The summed E-state index contributed by atoms with van der Waals surface area (Å²) in [5, 5.41) is 0. The summed E-state index contributed by atoms with van der Waals surface area (Å²) in [4.78, 5) is 24.7. The number of hydrogen-bond donors (Lipinski definition) is 0. The number of carbonyl (C=O) groups is 2. The maximum Gasteiger partial charge on any atom is 0.337 e. The number of Topliss-reactive ketones (excluding diaryl/α,β-unsaturated/α-hetero) is 1. The smallest absolute Gasteiger partial charge is 0.337 e. The molecule has 0 spiro atoms. The third-order valence-corrected chi connectivity index (χ3v) is 5.96. The van der Waals surface area contributed by atoms with E-state index in [9.17, 15) is 9.59 Å². The lowest BCUT2D eigenvalue weighted by molar-refractivity contribution is 0.00692. The summed E-state index contributed by atoms with van der Waals surface area (Å²) in [5.41, 5.74) is 1.01. The fraction of sp³-hybridized carbons (Fsp3) is 0.579. The van der Waals surface area contributed by atoms with Gasteiger partial charge in [-0.1, -0.05) is 31.9 Å². The average Bonchev–Trinajstić information content (AvgIpc) is 2.53. The van der Waals surface area contributed by atoms with Crippen LogP contribution in [0.2, 0.25) is 0 Å². The zero-order chi connectivity index (χ0) is 15.7. The largest absolute Gasteiger partial charge is 0.465 e. The molecule has 1 aromatic rings. The van der Waals surface area contributed by atoms with Gasteiger partial charge in [0.1, 0.15) is 0 Å². The van der Waals surface area contributed by atoms with Crippen molar-refractivity contribution in [2.45, 2.75) is 45.4 Å². The molecule has 2 bridgehead atoms. The number of hydrogen-bond acceptors (Lipinski definition) is 3. The second-order valence-corrected chi connectivity index (χ2v) is 6.94. The Balaban J connectivity index is 1.88. The van der Waals surface area contributed by atoms with Crippen LogP contribution in [0.3, 0.4) is 0 Å². The minimum atomic E-state index is -0.361. The van der Waals surface area contributed by atoms with Gasteiger partial charge in [0, 0.05) is 11.0 Å². The fourth-order valence-corrected chi connectivity index (χ4v) is 4.60. The quantitative estimate of drug-likeness (QED) is 0.618. The number of benzene rings is 1. The number of carbonyl (C=O) groups excluding carboxylic acids is 2. The van der Waals surface area contributed by atoms with Crippen LogP contribution < -0.4 is 0 Å².